The van der Waals surface area contributed by atoms with E-state index in [-0.39, 0.29) is 12.4 Å². The van der Waals surface area contributed by atoms with Crippen molar-refractivity contribution in [3.05, 3.63) is 35.7 Å². The van der Waals surface area contributed by atoms with Crippen LogP contribution in [0.5, 0.6) is 0 Å². The minimum atomic E-state index is -4.38. The zero-order valence-corrected chi connectivity index (χ0v) is 13.8. The molecule has 0 atom stereocenters. The molecule has 0 spiro atoms. The lowest BCUT2D eigenvalue weighted by molar-refractivity contribution is -0.137. The van der Waals surface area contributed by atoms with E-state index in [0.717, 1.165) is 25.0 Å². The quantitative estimate of drug-likeness (QED) is 0.905. The Morgan fingerprint density at radius 2 is 1.92 bits per heavy atom. The molecular weight excluding hydrogens is 343 g/mol. The van der Waals surface area contributed by atoms with Crippen molar-refractivity contribution in [2.24, 2.45) is 0 Å². The number of tetrazole rings is 1. The average Bonchev–Trinajstić information content (AvgIpc) is 3.02. The fourth-order valence-corrected chi connectivity index (χ4v) is 2.87. The number of nitrogens with one attached hydrogen (secondary N) is 1. The number of alkyl halides is 3. The second kappa shape index (κ2) is 7.94. The molecule has 24 heavy (non-hydrogen) atoms. The van der Waals surface area contributed by atoms with Crippen LogP contribution < -0.4 is 5.32 Å². The highest BCUT2D eigenvalue weighted by atomic mass is 35.5. The maximum atomic E-state index is 12.8. The normalized spacial score (nSPS) is 16.0. The molecule has 132 valence electrons. The first kappa shape index (κ1) is 18.7. The Hall–Kier alpha value is -1.67. The Morgan fingerprint density at radius 1 is 1.17 bits per heavy atom. The lowest BCUT2D eigenvalue weighted by Crippen LogP contribution is -2.31. The van der Waals surface area contributed by atoms with Gasteiger partial charge in [-0.05, 0) is 41.5 Å². The molecule has 0 saturated heterocycles. The highest BCUT2D eigenvalue weighted by molar-refractivity contribution is 5.85. The minimum Gasteiger partial charge on any atom is -0.307 e. The second-order valence-electron chi connectivity index (χ2n) is 5.77. The number of hydrogen-bond acceptors (Lipinski definition) is 4. The van der Waals surface area contributed by atoms with E-state index in [0.29, 0.717) is 24.1 Å². The van der Waals surface area contributed by atoms with E-state index in [4.69, 9.17) is 0 Å². The summed E-state index contributed by atoms with van der Waals surface area (Å²) in [6.07, 6.45) is 1.52. The zero-order valence-electron chi connectivity index (χ0n) is 13.0. The van der Waals surface area contributed by atoms with Crippen LogP contribution in [0.2, 0.25) is 0 Å². The predicted octanol–water partition coefficient (Wildman–Crippen LogP) is 3.53. The summed E-state index contributed by atoms with van der Waals surface area (Å²) in [5.41, 5.74) is -0.401. The highest BCUT2D eigenvalue weighted by Crippen LogP contribution is 2.30. The molecule has 1 heterocycles. The minimum absolute atomic E-state index is 0. The molecular formula is C15H19ClF3N5. The maximum Gasteiger partial charge on any atom is 0.416 e. The van der Waals surface area contributed by atoms with Crippen LogP contribution in [0, 0.1) is 0 Å². The molecule has 1 N–H and O–H groups in total. The molecule has 3 rings (SSSR count). The monoisotopic (exact) mass is 361 g/mol. The Kier molecular flexibility index (Phi) is 6.17. The third kappa shape index (κ3) is 4.45. The molecule has 1 aromatic heterocycles. The van der Waals surface area contributed by atoms with E-state index < -0.39 is 11.7 Å². The van der Waals surface area contributed by atoms with E-state index >= 15 is 0 Å². The summed E-state index contributed by atoms with van der Waals surface area (Å²) >= 11 is 0. The summed E-state index contributed by atoms with van der Waals surface area (Å²) < 4.78 is 39.8. The number of halogens is 4. The topological polar surface area (TPSA) is 55.6 Å². The molecule has 0 amide bonds. The van der Waals surface area contributed by atoms with Gasteiger partial charge in [-0.3, -0.25) is 0 Å². The summed E-state index contributed by atoms with van der Waals surface area (Å²) in [6.45, 7) is 0.438. The van der Waals surface area contributed by atoms with Gasteiger partial charge in [-0.2, -0.15) is 17.9 Å². The van der Waals surface area contributed by atoms with Gasteiger partial charge >= 0.3 is 6.18 Å². The maximum absolute atomic E-state index is 12.8. The van der Waals surface area contributed by atoms with E-state index in [1.54, 1.807) is 6.07 Å². The Labute approximate surface area is 144 Å². The molecule has 0 aliphatic heterocycles. The van der Waals surface area contributed by atoms with Crippen LogP contribution in [0.15, 0.2) is 24.3 Å². The molecule has 0 radical (unpaired) electrons. The van der Waals surface area contributed by atoms with Crippen LogP contribution in [0.4, 0.5) is 13.2 Å². The standard InChI is InChI=1S/C15H18F3N5.ClH/c16-15(17,18)11-5-4-8-13(9-11)23-14(20-21-22-23)10-19-12-6-2-1-3-7-12;/h4-5,8-9,12,19H,1-3,6-7,10H2;1H. The van der Waals surface area contributed by atoms with Crippen LogP contribution in [-0.4, -0.2) is 26.2 Å². The molecule has 1 aromatic carbocycles. The number of nitrogens with zero attached hydrogens (tertiary/aromatic N) is 4. The summed E-state index contributed by atoms with van der Waals surface area (Å²) in [5, 5.41) is 14.7. The van der Waals surface area contributed by atoms with Crippen molar-refractivity contribution in [1.29, 1.82) is 0 Å². The third-order valence-corrected chi connectivity index (χ3v) is 4.11. The van der Waals surface area contributed by atoms with Crippen molar-refractivity contribution in [1.82, 2.24) is 25.5 Å². The van der Waals surface area contributed by atoms with Gasteiger partial charge in [-0.1, -0.05) is 25.3 Å². The number of rotatable bonds is 4. The average molecular weight is 362 g/mol. The van der Waals surface area contributed by atoms with Gasteiger partial charge in [-0.25, -0.2) is 0 Å². The van der Waals surface area contributed by atoms with Gasteiger partial charge in [0.15, 0.2) is 5.82 Å². The van der Waals surface area contributed by atoms with E-state index in [2.05, 4.69) is 20.8 Å². The van der Waals surface area contributed by atoms with Gasteiger partial charge in [0.2, 0.25) is 0 Å². The molecule has 0 unspecified atom stereocenters. The van der Waals surface area contributed by atoms with Crippen molar-refractivity contribution in [2.75, 3.05) is 0 Å². The predicted molar refractivity (Wildman–Crippen MR) is 85.1 cm³/mol. The molecule has 1 fully saturated rings. The van der Waals surface area contributed by atoms with Gasteiger partial charge in [0.1, 0.15) is 0 Å². The van der Waals surface area contributed by atoms with Crippen LogP contribution >= 0.6 is 12.4 Å². The van der Waals surface area contributed by atoms with Crippen LogP contribution in [0.3, 0.4) is 0 Å². The number of hydrogen-bond donors (Lipinski definition) is 1. The van der Waals surface area contributed by atoms with Crippen LogP contribution in [0.1, 0.15) is 43.5 Å². The fraction of sp³-hybridized carbons (Fsp3) is 0.533. The fourth-order valence-electron chi connectivity index (χ4n) is 2.87. The third-order valence-electron chi connectivity index (χ3n) is 4.11. The molecule has 5 nitrogen and oxygen atoms in total. The summed E-state index contributed by atoms with van der Waals surface area (Å²) in [6, 6.07) is 5.44. The summed E-state index contributed by atoms with van der Waals surface area (Å²) in [5.74, 6) is 0.509. The van der Waals surface area contributed by atoms with E-state index in [1.807, 2.05) is 0 Å². The first-order valence-corrected chi connectivity index (χ1v) is 7.72. The Balaban J connectivity index is 0.00000208. The van der Waals surface area contributed by atoms with Crippen molar-refractivity contribution in [3.8, 4) is 5.69 Å². The van der Waals surface area contributed by atoms with Crippen LogP contribution in [0.25, 0.3) is 5.69 Å². The van der Waals surface area contributed by atoms with Gasteiger partial charge in [-0.15, -0.1) is 17.5 Å². The van der Waals surface area contributed by atoms with Crippen molar-refractivity contribution in [2.45, 2.75) is 50.9 Å². The van der Waals surface area contributed by atoms with Crippen molar-refractivity contribution >= 4 is 12.4 Å². The second-order valence-corrected chi connectivity index (χ2v) is 5.77. The number of aromatic nitrogens is 4. The summed E-state index contributed by atoms with van der Waals surface area (Å²) in [4.78, 5) is 0. The van der Waals surface area contributed by atoms with Gasteiger partial charge in [0, 0.05) is 6.04 Å². The first-order chi connectivity index (χ1) is 11.0. The van der Waals surface area contributed by atoms with E-state index in [1.165, 1.54) is 30.0 Å². The first-order valence-electron chi connectivity index (χ1n) is 7.72. The molecule has 2 aromatic rings. The van der Waals surface area contributed by atoms with Crippen molar-refractivity contribution < 1.29 is 13.2 Å². The molecule has 0 bridgehead atoms. The Morgan fingerprint density at radius 3 is 2.62 bits per heavy atom. The van der Waals surface area contributed by atoms with Gasteiger partial charge < -0.3 is 5.32 Å². The molecule has 1 aliphatic rings. The highest BCUT2D eigenvalue weighted by Gasteiger charge is 2.30. The van der Waals surface area contributed by atoms with E-state index in [9.17, 15) is 13.2 Å². The van der Waals surface area contributed by atoms with Gasteiger partial charge in [0.05, 0.1) is 17.8 Å². The lowest BCUT2D eigenvalue weighted by atomic mass is 9.95. The smallest absolute Gasteiger partial charge is 0.307 e. The number of benzene rings is 1. The lowest BCUT2D eigenvalue weighted by Gasteiger charge is -2.22. The summed E-state index contributed by atoms with van der Waals surface area (Å²) in [7, 11) is 0. The van der Waals surface area contributed by atoms with Crippen molar-refractivity contribution in [3.63, 3.8) is 0 Å². The zero-order chi connectivity index (χ0) is 16.3. The SMILES string of the molecule is Cl.FC(F)(F)c1cccc(-n2nnnc2CNC2CCCCC2)c1. The van der Waals surface area contributed by atoms with Crippen LogP contribution in [-0.2, 0) is 12.7 Å². The molecule has 1 aliphatic carbocycles. The molecule has 1 saturated carbocycles. The largest absolute Gasteiger partial charge is 0.416 e. The Bertz CT molecular complexity index is 653. The van der Waals surface area contributed by atoms with Gasteiger partial charge in [0.25, 0.3) is 0 Å². The molecule has 9 heteroatoms.